The number of carboxylic acid groups (broad SMARTS) is 1. The van der Waals surface area contributed by atoms with Gasteiger partial charge in [0, 0.05) is 12.4 Å². The van der Waals surface area contributed by atoms with Gasteiger partial charge in [-0.05, 0) is 12.1 Å². The number of carbonyl (C=O) groups is 2. The lowest BCUT2D eigenvalue weighted by atomic mass is 10.3. The van der Waals surface area contributed by atoms with E-state index in [0.717, 1.165) is 0 Å². The molecule has 21 heavy (non-hydrogen) atoms. The van der Waals surface area contributed by atoms with Gasteiger partial charge in [-0.2, -0.15) is 0 Å². The number of nitrogens with one attached hydrogen (secondary N) is 1. The van der Waals surface area contributed by atoms with Crippen molar-refractivity contribution in [1.82, 2.24) is 14.8 Å². The van der Waals surface area contributed by atoms with Crippen LogP contribution in [0.3, 0.4) is 0 Å². The first-order chi connectivity index (χ1) is 10.1. The van der Waals surface area contributed by atoms with Gasteiger partial charge in [0.25, 0.3) is 0 Å². The Hall–Kier alpha value is -3.16. The van der Waals surface area contributed by atoms with Crippen LogP contribution in [0.1, 0.15) is 10.4 Å². The quantitative estimate of drug-likeness (QED) is 0.811. The highest BCUT2D eigenvalue weighted by Crippen LogP contribution is 2.16. The summed E-state index contributed by atoms with van der Waals surface area (Å²) in [5, 5.41) is 15.4. The van der Waals surface area contributed by atoms with E-state index in [-0.39, 0.29) is 18.0 Å². The molecule has 2 heterocycles. The molecule has 0 aromatic carbocycles. The third-order valence-electron chi connectivity index (χ3n) is 2.41. The monoisotopic (exact) mass is 288 g/mol. The molecular weight excluding hydrogens is 276 g/mol. The molecule has 108 valence electrons. The average molecular weight is 288 g/mol. The third kappa shape index (κ3) is 3.44. The van der Waals surface area contributed by atoms with Gasteiger partial charge < -0.3 is 9.84 Å². The third-order valence-corrected chi connectivity index (χ3v) is 2.41. The number of aromatic carboxylic acids is 1. The number of amides is 1. The van der Waals surface area contributed by atoms with Gasteiger partial charge in [0.05, 0.1) is 11.9 Å². The average Bonchev–Trinajstić information content (AvgIpc) is 2.90. The van der Waals surface area contributed by atoms with E-state index in [9.17, 15) is 9.59 Å². The van der Waals surface area contributed by atoms with E-state index >= 15 is 0 Å². The van der Waals surface area contributed by atoms with Crippen molar-refractivity contribution < 1.29 is 19.4 Å². The zero-order valence-electron chi connectivity index (χ0n) is 10.9. The van der Waals surface area contributed by atoms with Gasteiger partial charge in [0.2, 0.25) is 0 Å². The molecule has 0 saturated heterocycles. The van der Waals surface area contributed by atoms with Crippen LogP contribution in [0.15, 0.2) is 43.4 Å². The summed E-state index contributed by atoms with van der Waals surface area (Å²) < 4.78 is 6.03. The van der Waals surface area contributed by atoms with Crippen molar-refractivity contribution in [2.24, 2.45) is 0 Å². The second-order valence-corrected chi connectivity index (χ2v) is 3.86. The lowest BCUT2D eigenvalue weighted by molar-refractivity contribution is 0.0698. The summed E-state index contributed by atoms with van der Waals surface area (Å²) in [6.07, 6.45) is 4.96. The fraction of sp³-hybridized carbons (Fsp3) is 0.0769. The zero-order valence-corrected chi connectivity index (χ0v) is 10.9. The van der Waals surface area contributed by atoms with E-state index in [1.165, 1.54) is 23.2 Å². The molecule has 2 aromatic heterocycles. The van der Waals surface area contributed by atoms with Gasteiger partial charge in [0.15, 0.2) is 5.82 Å². The highest BCUT2D eigenvalue weighted by molar-refractivity contribution is 5.97. The van der Waals surface area contributed by atoms with Crippen LogP contribution in [0.5, 0.6) is 0 Å². The first-order valence-corrected chi connectivity index (χ1v) is 5.90. The zero-order chi connectivity index (χ0) is 15.2. The molecule has 2 N–H and O–H groups in total. The number of pyridine rings is 1. The maximum absolute atomic E-state index is 11.5. The van der Waals surface area contributed by atoms with E-state index in [4.69, 9.17) is 9.84 Å². The minimum absolute atomic E-state index is 0.0115. The normalized spacial score (nSPS) is 9.90. The topological polar surface area (TPSA) is 106 Å². The van der Waals surface area contributed by atoms with E-state index in [1.54, 1.807) is 18.3 Å². The van der Waals surface area contributed by atoms with Crippen LogP contribution >= 0.6 is 0 Å². The van der Waals surface area contributed by atoms with E-state index in [1.807, 2.05) is 0 Å². The molecule has 1 amide bonds. The van der Waals surface area contributed by atoms with E-state index < -0.39 is 12.1 Å². The Morgan fingerprint density at radius 2 is 2.33 bits per heavy atom. The minimum atomic E-state index is -1.22. The van der Waals surface area contributed by atoms with Crippen molar-refractivity contribution >= 4 is 17.9 Å². The highest BCUT2D eigenvalue weighted by atomic mass is 16.5. The molecule has 0 atom stereocenters. The van der Waals surface area contributed by atoms with Crippen molar-refractivity contribution in [3.63, 3.8) is 0 Å². The van der Waals surface area contributed by atoms with Gasteiger partial charge in [0.1, 0.15) is 12.2 Å². The minimum Gasteiger partial charge on any atom is -0.477 e. The van der Waals surface area contributed by atoms with Crippen LogP contribution in [0.4, 0.5) is 10.6 Å². The summed E-state index contributed by atoms with van der Waals surface area (Å²) in [5.41, 5.74) is 0.405. The summed E-state index contributed by atoms with van der Waals surface area (Å²) in [6, 6.07) is 3.38. The second-order valence-electron chi connectivity index (χ2n) is 3.86. The Labute approximate surface area is 119 Å². The lowest BCUT2D eigenvalue weighted by Crippen LogP contribution is -2.16. The van der Waals surface area contributed by atoms with Crippen molar-refractivity contribution in [2.45, 2.75) is 0 Å². The van der Waals surface area contributed by atoms with Crippen LogP contribution in [0.2, 0.25) is 0 Å². The number of anilines is 1. The summed E-state index contributed by atoms with van der Waals surface area (Å²) in [4.78, 5) is 26.6. The van der Waals surface area contributed by atoms with Gasteiger partial charge in [-0.25, -0.2) is 14.3 Å². The molecule has 0 spiro atoms. The molecule has 2 rings (SSSR count). The van der Waals surface area contributed by atoms with E-state index in [2.05, 4.69) is 22.0 Å². The number of carboxylic acids is 1. The molecule has 0 fully saturated rings. The Morgan fingerprint density at radius 3 is 2.95 bits per heavy atom. The molecule has 0 bridgehead atoms. The number of hydrogen-bond donors (Lipinski definition) is 2. The van der Waals surface area contributed by atoms with Crippen LogP contribution in [-0.4, -0.2) is 38.5 Å². The fourth-order valence-electron chi connectivity index (χ4n) is 1.51. The largest absolute Gasteiger partial charge is 0.477 e. The van der Waals surface area contributed by atoms with Crippen molar-refractivity contribution in [3.05, 3.63) is 48.9 Å². The second kappa shape index (κ2) is 6.33. The van der Waals surface area contributed by atoms with E-state index in [0.29, 0.717) is 5.69 Å². The smallest absolute Gasteiger partial charge is 0.413 e. The van der Waals surface area contributed by atoms with Gasteiger partial charge >= 0.3 is 12.1 Å². The van der Waals surface area contributed by atoms with Crippen LogP contribution < -0.4 is 5.32 Å². The van der Waals surface area contributed by atoms with Crippen LogP contribution in [0.25, 0.3) is 5.69 Å². The highest BCUT2D eigenvalue weighted by Gasteiger charge is 2.18. The number of aromatic nitrogens is 3. The molecule has 0 aliphatic carbocycles. The maximum atomic E-state index is 11.5. The van der Waals surface area contributed by atoms with Crippen molar-refractivity contribution in [2.75, 3.05) is 11.9 Å². The first-order valence-electron chi connectivity index (χ1n) is 5.90. The molecule has 8 nitrogen and oxygen atoms in total. The summed E-state index contributed by atoms with van der Waals surface area (Å²) in [5.74, 6) is -1.33. The summed E-state index contributed by atoms with van der Waals surface area (Å²) in [7, 11) is 0. The molecule has 8 heteroatoms. The predicted octanol–water partition coefficient (Wildman–Crippen LogP) is 1.70. The Morgan fingerprint density at radius 1 is 1.52 bits per heavy atom. The molecular formula is C13H12N4O4. The van der Waals surface area contributed by atoms with Gasteiger partial charge in [-0.15, -0.1) is 5.10 Å². The predicted molar refractivity (Wildman–Crippen MR) is 73.5 cm³/mol. The number of rotatable bonds is 5. The standard InChI is InChI=1S/C13H12N4O4/c1-2-6-21-13(20)15-11-10(12(18)19)8-17(16-11)9-4-3-5-14-7-9/h2-5,7-8H,1,6H2,(H,18,19)(H,15,16,20). The SMILES string of the molecule is C=CCOC(=O)Nc1nn(-c2cccnc2)cc1C(=O)O. The van der Waals surface area contributed by atoms with Crippen LogP contribution in [-0.2, 0) is 4.74 Å². The fourth-order valence-corrected chi connectivity index (χ4v) is 1.51. The first kappa shape index (κ1) is 14.3. The Kier molecular flexibility index (Phi) is 4.30. The molecule has 0 aliphatic rings. The molecule has 2 aromatic rings. The number of nitrogens with zero attached hydrogens (tertiary/aromatic N) is 3. The van der Waals surface area contributed by atoms with Crippen LogP contribution in [0, 0.1) is 0 Å². The summed E-state index contributed by atoms with van der Waals surface area (Å²) in [6.45, 7) is 3.41. The summed E-state index contributed by atoms with van der Waals surface area (Å²) >= 11 is 0. The van der Waals surface area contributed by atoms with Crippen molar-refractivity contribution in [3.8, 4) is 5.69 Å². The number of hydrogen-bond acceptors (Lipinski definition) is 5. The Balaban J connectivity index is 2.28. The molecule has 0 radical (unpaired) electrons. The number of carbonyl (C=O) groups excluding carboxylic acids is 1. The molecule has 0 aliphatic heterocycles. The Bertz CT molecular complexity index is 666. The van der Waals surface area contributed by atoms with Crippen molar-refractivity contribution in [1.29, 1.82) is 0 Å². The van der Waals surface area contributed by atoms with Gasteiger partial charge in [-0.3, -0.25) is 10.3 Å². The number of ether oxygens (including phenoxy) is 1. The molecule has 0 saturated carbocycles. The van der Waals surface area contributed by atoms with Gasteiger partial charge in [-0.1, -0.05) is 12.7 Å². The molecule has 0 unspecified atom stereocenters. The maximum Gasteiger partial charge on any atom is 0.413 e. The lowest BCUT2D eigenvalue weighted by Gasteiger charge is -2.03.